The summed E-state index contributed by atoms with van der Waals surface area (Å²) in [5.74, 6) is 0.0714. The largest absolute Gasteiger partial charge is 0.449 e. The van der Waals surface area contributed by atoms with E-state index in [-0.39, 0.29) is 11.5 Å². The minimum Gasteiger partial charge on any atom is -0.449 e. The van der Waals surface area contributed by atoms with Gasteiger partial charge in [0.15, 0.2) is 6.10 Å². The van der Waals surface area contributed by atoms with Crippen LogP contribution < -0.4 is 0 Å². The van der Waals surface area contributed by atoms with Gasteiger partial charge in [-0.2, -0.15) is 0 Å². The highest BCUT2D eigenvalue weighted by atomic mass is 35.5. The zero-order valence-corrected chi connectivity index (χ0v) is 13.8. The fourth-order valence-corrected chi connectivity index (χ4v) is 2.32. The number of nitrogens with zero attached hydrogens (tertiary/aromatic N) is 3. The Bertz CT molecular complexity index is 865. The molecule has 0 saturated heterocycles. The van der Waals surface area contributed by atoms with Gasteiger partial charge in [0.05, 0.1) is 16.3 Å². The summed E-state index contributed by atoms with van der Waals surface area (Å²) in [4.78, 5) is 16.7. The Morgan fingerprint density at radius 1 is 1.25 bits per heavy atom. The fourth-order valence-electron chi connectivity index (χ4n) is 2.13. The minimum absolute atomic E-state index is 0.234. The van der Waals surface area contributed by atoms with Gasteiger partial charge in [0.25, 0.3) is 5.89 Å². The molecular formula is C17H14ClN3O3. The number of carbonyl (C=O) groups excluding carboxylic acids is 1. The molecule has 6 nitrogen and oxygen atoms in total. The molecule has 0 bridgehead atoms. The number of aryl methyl sites for hydroxylation is 1. The number of hydrogen-bond donors (Lipinski definition) is 0. The average Bonchev–Trinajstić information content (AvgIpc) is 3.02. The number of benzene rings is 1. The third-order valence-corrected chi connectivity index (χ3v) is 3.65. The Balaban J connectivity index is 1.84. The molecule has 2 aromatic heterocycles. The Hall–Kier alpha value is -2.73. The lowest BCUT2D eigenvalue weighted by molar-refractivity contribution is 0.0277. The first-order valence-corrected chi connectivity index (χ1v) is 7.64. The van der Waals surface area contributed by atoms with E-state index in [1.165, 1.54) is 0 Å². The fraction of sp³-hybridized carbons (Fsp3) is 0.176. The highest BCUT2D eigenvalue weighted by molar-refractivity contribution is 6.33. The number of pyridine rings is 1. The number of hydrogen-bond acceptors (Lipinski definition) is 6. The molecule has 1 aromatic carbocycles. The summed E-state index contributed by atoms with van der Waals surface area (Å²) in [7, 11) is 0. The molecule has 0 aliphatic carbocycles. The molecule has 0 radical (unpaired) electrons. The first-order chi connectivity index (χ1) is 11.5. The molecule has 0 fully saturated rings. The Kier molecular flexibility index (Phi) is 4.57. The van der Waals surface area contributed by atoms with Crippen molar-refractivity contribution in [3.05, 3.63) is 65.0 Å². The van der Waals surface area contributed by atoms with E-state index in [1.54, 1.807) is 38.2 Å². The quantitative estimate of drug-likeness (QED) is 0.666. The minimum atomic E-state index is -0.673. The van der Waals surface area contributed by atoms with Gasteiger partial charge in [-0.05, 0) is 31.2 Å². The molecule has 1 atom stereocenters. The van der Waals surface area contributed by atoms with E-state index in [9.17, 15) is 4.79 Å². The normalized spacial score (nSPS) is 12.0. The number of aromatic nitrogens is 3. The molecule has 0 saturated carbocycles. The van der Waals surface area contributed by atoms with E-state index < -0.39 is 12.1 Å². The monoisotopic (exact) mass is 343 g/mol. The molecule has 7 heteroatoms. The lowest BCUT2D eigenvalue weighted by Gasteiger charge is -2.11. The van der Waals surface area contributed by atoms with Gasteiger partial charge < -0.3 is 9.15 Å². The van der Waals surface area contributed by atoms with Crippen LogP contribution in [0.3, 0.4) is 0 Å². The van der Waals surface area contributed by atoms with Crippen molar-refractivity contribution in [2.75, 3.05) is 0 Å². The molecule has 24 heavy (non-hydrogen) atoms. The molecule has 3 aromatic rings. The number of esters is 1. The Labute approximate surface area is 143 Å². The number of rotatable bonds is 4. The number of carbonyl (C=O) groups is 1. The first-order valence-electron chi connectivity index (χ1n) is 7.26. The number of halogens is 1. The van der Waals surface area contributed by atoms with Gasteiger partial charge in [-0.1, -0.05) is 23.7 Å². The summed E-state index contributed by atoms with van der Waals surface area (Å²) in [5, 5.41) is 7.86. The second kappa shape index (κ2) is 6.80. The van der Waals surface area contributed by atoms with Crippen molar-refractivity contribution in [2.24, 2.45) is 0 Å². The van der Waals surface area contributed by atoms with Gasteiger partial charge >= 0.3 is 5.97 Å². The van der Waals surface area contributed by atoms with Crippen molar-refractivity contribution in [3.63, 3.8) is 0 Å². The van der Waals surface area contributed by atoms with Crippen LogP contribution in [0, 0.1) is 6.92 Å². The van der Waals surface area contributed by atoms with Gasteiger partial charge in [0.1, 0.15) is 0 Å². The van der Waals surface area contributed by atoms with Crippen LogP contribution in [0.1, 0.15) is 35.2 Å². The van der Waals surface area contributed by atoms with Crippen molar-refractivity contribution in [2.45, 2.75) is 20.0 Å². The third kappa shape index (κ3) is 3.44. The van der Waals surface area contributed by atoms with Crippen LogP contribution in [0.4, 0.5) is 0 Å². The van der Waals surface area contributed by atoms with Crippen molar-refractivity contribution < 1.29 is 13.9 Å². The van der Waals surface area contributed by atoms with E-state index in [0.717, 1.165) is 11.3 Å². The summed E-state index contributed by atoms with van der Waals surface area (Å²) in [6.45, 7) is 3.32. The van der Waals surface area contributed by atoms with Gasteiger partial charge in [-0.15, -0.1) is 10.2 Å². The van der Waals surface area contributed by atoms with Gasteiger partial charge in [0, 0.05) is 18.7 Å². The maximum atomic E-state index is 12.4. The maximum absolute atomic E-state index is 12.4. The maximum Gasteiger partial charge on any atom is 0.340 e. The van der Waals surface area contributed by atoms with Crippen molar-refractivity contribution >= 4 is 17.6 Å². The molecular weight excluding hydrogens is 330 g/mol. The van der Waals surface area contributed by atoms with Gasteiger partial charge in [-0.25, -0.2) is 4.79 Å². The SMILES string of the molecule is Cc1nnc([C@H](C)OC(=O)c2cc(-c3ccccn3)ccc2Cl)o1. The third-order valence-electron chi connectivity index (χ3n) is 3.32. The standard InChI is InChI=1S/C17H14ClN3O3/c1-10(16-21-20-11(2)24-16)23-17(22)13-9-12(6-7-14(13)18)15-5-3-4-8-19-15/h3-10H,1-2H3/t10-/m0/s1. The van der Waals surface area contributed by atoms with Crippen LogP contribution in [0.15, 0.2) is 47.0 Å². The first kappa shape index (κ1) is 16.1. The van der Waals surface area contributed by atoms with E-state index in [4.69, 9.17) is 20.8 Å². The summed E-state index contributed by atoms with van der Waals surface area (Å²) < 4.78 is 10.6. The zero-order chi connectivity index (χ0) is 17.1. The van der Waals surface area contributed by atoms with E-state index in [2.05, 4.69) is 15.2 Å². The van der Waals surface area contributed by atoms with Crippen LogP contribution in [-0.4, -0.2) is 21.2 Å². The molecule has 3 rings (SSSR count). The van der Waals surface area contributed by atoms with E-state index in [0.29, 0.717) is 10.9 Å². The second-order valence-electron chi connectivity index (χ2n) is 5.12. The Morgan fingerprint density at radius 2 is 2.08 bits per heavy atom. The smallest absolute Gasteiger partial charge is 0.340 e. The van der Waals surface area contributed by atoms with E-state index in [1.807, 2.05) is 18.2 Å². The molecule has 0 aliphatic rings. The highest BCUT2D eigenvalue weighted by Crippen LogP contribution is 2.26. The van der Waals surface area contributed by atoms with Crippen molar-refractivity contribution in [1.29, 1.82) is 0 Å². The van der Waals surface area contributed by atoms with Crippen molar-refractivity contribution in [3.8, 4) is 11.3 Å². The topological polar surface area (TPSA) is 78.1 Å². The van der Waals surface area contributed by atoms with Gasteiger partial charge in [0.2, 0.25) is 5.89 Å². The predicted octanol–water partition coefficient (Wildman–Crippen LogP) is 4.01. The molecule has 0 unspecified atom stereocenters. The second-order valence-corrected chi connectivity index (χ2v) is 5.52. The summed E-state index contributed by atoms with van der Waals surface area (Å²) in [6, 6.07) is 10.6. The van der Waals surface area contributed by atoms with Crippen LogP contribution in [-0.2, 0) is 4.74 Å². The van der Waals surface area contributed by atoms with E-state index >= 15 is 0 Å². The predicted molar refractivity (Wildman–Crippen MR) is 87.5 cm³/mol. The lowest BCUT2D eigenvalue weighted by atomic mass is 10.1. The summed E-state index contributed by atoms with van der Waals surface area (Å²) >= 11 is 6.14. The van der Waals surface area contributed by atoms with Crippen LogP contribution in [0.2, 0.25) is 5.02 Å². The molecule has 0 spiro atoms. The van der Waals surface area contributed by atoms with Crippen LogP contribution in [0.25, 0.3) is 11.3 Å². The highest BCUT2D eigenvalue weighted by Gasteiger charge is 2.21. The molecule has 122 valence electrons. The lowest BCUT2D eigenvalue weighted by Crippen LogP contribution is -2.10. The number of ether oxygens (including phenoxy) is 1. The molecule has 0 N–H and O–H groups in total. The average molecular weight is 344 g/mol. The van der Waals surface area contributed by atoms with Crippen LogP contribution >= 0.6 is 11.6 Å². The molecule has 2 heterocycles. The summed E-state index contributed by atoms with van der Waals surface area (Å²) in [5.41, 5.74) is 1.76. The molecule has 0 amide bonds. The summed E-state index contributed by atoms with van der Waals surface area (Å²) in [6.07, 6.45) is 1.01. The van der Waals surface area contributed by atoms with Crippen LogP contribution in [0.5, 0.6) is 0 Å². The van der Waals surface area contributed by atoms with Crippen molar-refractivity contribution in [1.82, 2.24) is 15.2 Å². The Morgan fingerprint density at radius 3 is 2.75 bits per heavy atom. The molecule has 0 aliphatic heterocycles. The van der Waals surface area contributed by atoms with Gasteiger partial charge in [-0.3, -0.25) is 4.98 Å². The zero-order valence-electron chi connectivity index (χ0n) is 13.1.